The molecule has 334 valence electrons. The van der Waals surface area contributed by atoms with Gasteiger partial charge in [0.15, 0.2) is 6.10 Å². The average Bonchev–Trinajstić information content (AvgIpc) is 3.42. The van der Waals surface area contributed by atoms with Crippen LogP contribution in [-0.2, 0) is 42.8 Å². The van der Waals surface area contributed by atoms with Gasteiger partial charge in [-0.3, -0.25) is 19.4 Å². The Bertz CT molecular complexity index is 1890. The van der Waals surface area contributed by atoms with Crippen LogP contribution in [0, 0.1) is 0 Å². The predicted octanol–water partition coefficient (Wildman–Crippen LogP) is 4.03. The lowest BCUT2D eigenvalue weighted by Gasteiger charge is -2.46. The van der Waals surface area contributed by atoms with Crippen molar-refractivity contribution >= 4 is 47.0 Å². The number of rotatable bonds is 10. The molecule has 0 aliphatic carbocycles. The lowest BCUT2D eigenvalue weighted by Crippen LogP contribution is -2.61. The Morgan fingerprint density at radius 2 is 1.62 bits per heavy atom. The summed E-state index contributed by atoms with van der Waals surface area (Å²) in [5, 5.41) is 2.66. The van der Waals surface area contributed by atoms with E-state index in [0.717, 1.165) is 37.0 Å². The number of urea groups is 1. The molecule has 61 heavy (non-hydrogen) atoms. The van der Waals surface area contributed by atoms with Crippen molar-refractivity contribution in [2.24, 2.45) is 0 Å². The highest BCUT2D eigenvalue weighted by Gasteiger charge is 2.41. The summed E-state index contributed by atoms with van der Waals surface area (Å²) < 4.78 is 59.0. The Morgan fingerprint density at radius 3 is 2.34 bits per heavy atom. The standard InChI is InChI=1S/C42H56ClF3N8O7/c1-49-16-17-53(35(27-49)39(56)60-23-20-50-18-21-59-22-19-50)30-7-11-51(12-8-30)38(55)36(26-28-24-32(42(44,45)46)37(47)33(43)25-28)61-41(58)52-13-9-31(10-14-52)54-15-6-29-4-2-3-5-34(29)48-40(54)57/h2-5,24-25,30-31,35-36H,6-23,26-27,47H2,1H3,(H,48,57). The number of morpholine rings is 1. The molecule has 0 saturated carbocycles. The summed E-state index contributed by atoms with van der Waals surface area (Å²) in [6.45, 7) is 7.32. The molecule has 0 spiro atoms. The zero-order valence-electron chi connectivity index (χ0n) is 34.5. The molecule has 19 heteroatoms. The Kier molecular flexibility index (Phi) is 14.5. The van der Waals surface area contributed by atoms with E-state index in [1.54, 1.807) is 9.80 Å². The van der Waals surface area contributed by atoms with E-state index in [1.165, 1.54) is 11.0 Å². The van der Waals surface area contributed by atoms with Gasteiger partial charge in [-0.15, -0.1) is 0 Å². The Morgan fingerprint density at radius 1 is 0.934 bits per heavy atom. The lowest BCUT2D eigenvalue weighted by molar-refractivity contribution is -0.156. The third kappa shape index (κ3) is 11.0. The largest absolute Gasteiger partial charge is 0.463 e. The van der Waals surface area contributed by atoms with Gasteiger partial charge < -0.3 is 44.9 Å². The number of amides is 4. The van der Waals surface area contributed by atoms with Gasteiger partial charge in [0, 0.05) is 96.2 Å². The molecule has 7 rings (SSSR count). The third-order valence-corrected chi connectivity index (χ3v) is 13.0. The van der Waals surface area contributed by atoms with Crippen molar-refractivity contribution in [3.63, 3.8) is 0 Å². The second-order valence-electron chi connectivity index (χ2n) is 16.6. The molecule has 4 saturated heterocycles. The first-order valence-corrected chi connectivity index (χ1v) is 21.6. The number of hydrogen-bond donors (Lipinski definition) is 2. The van der Waals surface area contributed by atoms with Crippen molar-refractivity contribution in [1.82, 2.24) is 29.4 Å². The number of likely N-dealkylation sites (N-methyl/N-ethyl adjacent to an activating group) is 1. The normalized spacial score (nSPS) is 22.3. The minimum absolute atomic E-state index is 0.0254. The topological polar surface area (TPSA) is 153 Å². The van der Waals surface area contributed by atoms with Gasteiger partial charge in [-0.25, -0.2) is 9.59 Å². The quantitative estimate of drug-likeness (QED) is 0.263. The Balaban J connectivity index is 0.994. The van der Waals surface area contributed by atoms with E-state index in [0.29, 0.717) is 71.5 Å². The monoisotopic (exact) mass is 876 g/mol. The highest BCUT2D eigenvalue weighted by Crippen LogP contribution is 2.38. The fourth-order valence-electron chi connectivity index (χ4n) is 9.11. The number of nitrogen functional groups attached to an aromatic ring is 1. The smallest absolute Gasteiger partial charge is 0.418 e. The van der Waals surface area contributed by atoms with Crippen molar-refractivity contribution in [2.45, 2.75) is 68.9 Å². The summed E-state index contributed by atoms with van der Waals surface area (Å²) in [4.78, 5) is 66.0. The number of halogens is 4. The van der Waals surface area contributed by atoms with Crippen LogP contribution in [0.25, 0.3) is 0 Å². The number of anilines is 2. The number of piperazine rings is 1. The summed E-state index contributed by atoms with van der Waals surface area (Å²) in [7, 11) is 1.97. The molecule has 2 atom stereocenters. The number of hydrogen-bond acceptors (Lipinski definition) is 11. The lowest BCUT2D eigenvalue weighted by atomic mass is 9.98. The number of benzene rings is 2. The second kappa shape index (κ2) is 19.8. The summed E-state index contributed by atoms with van der Waals surface area (Å²) in [5.41, 5.74) is 5.79. The molecule has 2 unspecified atom stereocenters. The van der Waals surface area contributed by atoms with Crippen LogP contribution >= 0.6 is 11.6 Å². The molecule has 5 aliphatic rings. The van der Waals surface area contributed by atoms with Crippen LogP contribution in [0.3, 0.4) is 0 Å². The zero-order chi connectivity index (χ0) is 43.3. The SMILES string of the molecule is CN1CCN(C2CCN(C(=O)C(Cc3cc(Cl)c(N)c(C(F)(F)F)c3)OC(=O)N3CCC(N4CCc5ccccc5NC4=O)CC3)CC2)C(C(=O)OCCN2CCOCC2)C1. The molecule has 15 nitrogen and oxygen atoms in total. The zero-order valence-corrected chi connectivity index (χ0v) is 35.3. The van der Waals surface area contributed by atoms with Gasteiger partial charge in [-0.05, 0) is 68.5 Å². The molecule has 2 aromatic carbocycles. The fourth-order valence-corrected chi connectivity index (χ4v) is 9.35. The number of alkyl halides is 3. The molecular weight excluding hydrogens is 821 g/mol. The first kappa shape index (κ1) is 44.7. The molecule has 2 aromatic rings. The highest BCUT2D eigenvalue weighted by atomic mass is 35.5. The summed E-state index contributed by atoms with van der Waals surface area (Å²) in [6.07, 6.45) is -4.72. The van der Waals surface area contributed by atoms with E-state index in [1.807, 2.05) is 31.3 Å². The molecule has 0 bridgehead atoms. The maximum absolute atomic E-state index is 14.3. The molecular formula is C42H56ClF3N8O7. The Hall–Kier alpha value is -4.36. The molecule has 5 heterocycles. The molecule has 5 aliphatic heterocycles. The number of nitrogens with two attached hydrogens (primary N) is 1. The summed E-state index contributed by atoms with van der Waals surface area (Å²) >= 11 is 6.17. The predicted molar refractivity (Wildman–Crippen MR) is 221 cm³/mol. The van der Waals surface area contributed by atoms with Crippen LogP contribution < -0.4 is 11.1 Å². The van der Waals surface area contributed by atoms with Crippen molar-refractivity contribution in [3.05, 3.63) is 58.1 Å². The molecule has 4 fully saturated rings. The van der Waals surface area contributed by atoms with E-state index in [-0.39, 0.29) is 73.9 Å². The van der Waals surface area contributed by atoms with Gasteiger partial charge >= 0.3 is 24.3 Å². The minimum atomic E-state index is -4.81. The number of fused-ring (bicyclic) bond motifs is 1. The molecule has 3 N–H and O–H groups in total. The van der Waals surface area contributed by atoms with Crippen LogP contribution in [0.2, 0.25) is 5.02 Å². The van der Waals surface area contributed by atoms with Gasteiger partial charge in [0.2, 0.25) is 0 Å². The van der Waals surface area contributed by atoms with E-state index in [2.05, 4.69) is 20.0 Å². The number of nitrogens with one attached hydrogen (secondary N) is 1. The second-order valence-corrected chi connectivity index (χ2v) is 17.0. The first-order chi connectivity index (χ1) is 29.2. The molecule has 4 amide bonds. The van der Waals surface area contributed by atoms with Crippen LogP contribution in [0.1, 0.15) is 42.4 Å². The van der Waals surface area contributed by atoms with Crippen molar-refractivity contribution in [2.75, 3.05) is 110 Å². The van der Waals surface area contributed by atoms with Crippen LogP contribution in [0.5, 0.6) is 0 Å². The molecule has 0 radical (unpaired) electrons. The van der Waals surface area contributed by atoms with E-state index in [9.17, 15) is 32.3 Å². The first-order valence-electron chi connectivity index (χ1n) is 21.2. The minimum Gasteiger partial charge on any atom is -0.463 e. The van der Waals surface area contributed by atoms with Crippen molar-refractivity contribution in [3.8, 4) is 0 Å². The van der Waals surface area contributed by atoms with E-state index >= 15 is 0 Å². The number of carbonyl (C=O) groups excluding carboxylic acids is 4. The van der Waals surface area contributed by atoms with Crippen molar-refractivity contribution < 1.29 is 46.6 Å². The number of carbonyl (C=O) groups is 4. The van der Waals surface area contributed by atoms with E-state index in [4.69, 9.17) is 31.5 Å². The number of piperidine rings is 2. The number of nitrogens with zero attached hydrogens (tertiary/aromatic N) is 6. The number of esters is 1. The maximum atomic E-state index is 14.3. The fraction of sp³-hybridized carbons (Fsp3) is 0.619. The highest BCUT2D eigenvalue weighted by molar-refractivity contribution is 6.33. The third-order valence-electron chi connectivity index (χ3n) is 12.6. The maximum Gasteiger partial charge on any atom is 0.418 e. The van der Waals surface area contributed by atoms with Gasteiger partial charge in [0.05, 0.1) is 29.5 Å². The summed E-state index contributed by atoms with van der Waals surface area (Å²) in [5.74, 6) is -0.823. The molecule has 0 aromatic heterocycles. The van der Waals surface area contributed by atoms with Crippen molar-refractivity contribution in [1.29, 1.82) is 0 Å². The van der Waals surface area contributed by atoms with Gasteiger partial charge in [0.1, 0.15) is 12.6 Å². The van der Waals surface area contributed by atoms with Crippen LogP contribution in [0.4, 0.5) is 34.1 Å². The average molecular weight is 877 g/mol. The number of para-hydroxylation sites is 1. The van der Waals surface area contributed by atoms with Gasteiger partial charge in [-0.1, -0.05) is 29.8 Å². The number of ether oxygens (including phenoxy) is 3. The van der Waals surface area contributed by atoms with Gasteiger partial charge in [0.25, 0.3) is 5.91 Å². The van der Waals surface area contributed by atoms with E-state index < -0.39 is 41.6 Å². The van der Waals surface area contributed by atoms with Crippen LogP contribution in [0.15, 0.2) is 36.4 Å². The Labute approximate surface area is 359 Å². The van der Waals surface area contributed by atoms with Crippen LogP contribution in [-0.4, -0.2) is 176 Å². The number of likely N-dealkylation sites (tertiary alicyclic amines) is 2. The summed E-state index contributed by atoms with van der Waals surface area (Å²) in [6, 6.07) is 8.91. The van der Waals surface area contributed by atoms with Gasteiger partial charge in [-0.2, -0.15) is 13.2 Å².